The third-order valence-corrected chi connectivity index (χ3v) is 4.15. The minimum absolute atomic E-state index is 0.328. The molecule has 16 heavy (non-hydrogen) atoms. The van der Waals surface area contributed by atoms with Gasteiger partial charge in [-0.3, -0.25) is 5.10 Å². The van der Waals surface area contributed by atoms with Crippen molar-refractivity contribution in [3.05, 3.63) is 30.0 Å². The number of nitrogens with two attached hydrogens (primary N) is 1. The average Bonchev–Trinajstić information content (AvgIpc) is 2.65. The predicted molar refractivity (Wildman–Crippen MR) is 65.2 cm³/mol. The molecular weight excluding hydrogens is 198 g/mol. The largest absolute Gasteiger partial charge is 0.330 e. The van der Waals surface area contributed by atoms with E-state index in [9.17, 15) is 0 Å². The number of fused-ring (bicyclic) bond motifs is 1. The number of aromatic nitrogens is 2. The molecular formula is C13H17N3. The predicted octanol–water partition coefficient (Wildman–Crippen LogP) is 2.26. The summed E-state index contributed by atoms with van der Waals surface area (Å²) in [6, 6.07) is 6.40. The van der Waals surface area contributed by atoms with Crippen LogP contribution in [-0.2, 0) is 0 Å². The lowest BCUT2D eigenvalue weighted by atomic mass is 10.0. The number of hydrogen-bond donors (Lipinski definition) is 2. The summed E-state index contributed by atoms with van der Waals surface area (Å²) in [5.41, 5.74) is 8.71. The second-order valence-electron chi connectivity index (χ2n) is 5.32. The van der Waals surface area contributed by atoms with Gasteiger partial charge in [0.1, 0.15) is 0 Å². The molecule has 0 radical (unpaired) electrons. The van der Waals surface area contributed by atoms with Crippen LogP contribution in [0.25, 0.3) is 10.9 Å². The number of benzene rings is 1. The molecule has 0 amide bonds. The molecule has 1 aromatic carbocycles. The van der Waals surface area contributed by atoms with E-state index >= 15 is 0 Å². The van der Waals surface area contributed by atoms with E-state index < -0.39 is 0 Å². The minimum atomic E-state index is 0.328. The number of nitrogens with zero attached hydrogens (tertiary/aromatic N) is 1. The zero-order valence-electron chi connectivity index (χ0n) is 9.70. The highest BCUT2D eigenvalue weighted by molar-refractivity contribution is 5.82. The molecule has 2 aromatic rings. The first-order valence-corrected chi connectivity index (χ1v) is 5.78. The van der Waals surface area contributed by atoms with Crippen LogP contribution >= 0.6 is 0 Å². The first-order valence-electron chi connectivity index (χ1n) is 5.78. The van der Waals surface area contributed by atoms with Gasteiger partial charge < -0.3 is 5.73 Å². The van der Waals surface area contributed by atoms with Crippen molar-refractivity contribution in [3.63, 3.8) is 0 Å². The summed E-state index contributed by atoms with van der Waals surface area (Å²) in [5, 5.41) is 8.41. The highest BCUT2D eigenvalue weighted by Gasteiger charge is 2.57. The third kappa shape index (κ3) is 1.15. The van der Waals surface area contributed by atoms with Crippen molar-refractivity contribution >= 4 is 10.9 Å². The molecule has 84 valence electrons. The maximum Gasteiger partial charge on any atom is 0.0685 e. The molecule has 3 nitrogen and oxygen atoms in total. The van der Waals surface area contributed by atoms with E-state index in [-0.39, 0.29) is 0 Å². The maximum atomic E-state index is 5.83. The van der Waals surface area contributed by atoms with E-state index in [1.165, 1.54) is 16.5 Å². The van der Waals surface area contributed by atoms with Gasteiger partial charge in [0.25, 0.3) is 0 Å². The van der Waals surface area contributed by atoms with Gasteiger partial charge in [-0.2, -0.15) is 5.10 Å². The van der Waals surface area contributed by atoms with Crippen LogP contribution in [0.3, 0.4) is 0 Å². The Morgan fingerprint density at radius 3 is 2.94 bits per heavy atom. The van der Waals surface area contributed by atoms with Crippen LogP contribution in [0.2, 0.25) is 0 Å². The van der Waals surface area contributed by atoms with E-state index in [0.717, 1.165) is 6.54 Å². The smallest absolute Gasteiger partial charge is 0.0685 e. The number of rotatable bonds is 2. The van der Waals surface area contributed by atoms with E-state index in [2.05, 4.69) is 42.2 Å². The number of H-pyrrole nitrogens is 1. The van der Waals surface area contributed by atoms with Crippen LogP contribution in [0.15, 0.2) is 24.4 Å². The fraction of sp³-hybridized carbons (Fsp3) is 0.462. The third-order valence-electron chi connectivity index (χ3n) is 4.15. The Bertz CT molecular complexity index is 527. The zero-order chi connectivity index (χ0) is 11.3. The molecule has 0 aliphatic heterocycles. The van der Waals surface area contributed by atoms with Crippen molar-refractivity contribution in [1.29, 1.82) is 0 Å². The van der Waals surface area contributed by atoms with Crippen molar-refractivity contribution in [2.24, 2.45) is 17.1 Å². The normalized spacial score (nSPS) is 27.2. The molecule has 3 rings (SSSR count). The maximum absolute atomic E-state index is 5.83. The monoisotopic (exact) mass is 215 g/mol. The standard InChI is InChI=1S/C13H17N3/c1-13(2)10(6-14)11(13)9-5-3-4-8-7-15-16-12(8)9/h3-5,7,10-11H,6,14H2,1-2H3,(H,15,16)/t10-,11-/m1/s1. The second-order valence-corrected chi connectivity index (χ2v) is 5.32. The van der Waals surface area contributed by atoms with Crippen molar-refractivity contribution in [2.45, 2.75) is 19.8 Å². The van der Waals surface area contributed by atoms with E-state index in [4.69, 9.17) is 5.73 Å². The Morgan fingerprint density at radius 1 is 1.44 bits per heavy atom. The summed E-state index contributed by atoms with van der Waals surface area (Å²) in [5.74, 6) is 1.17. The van der Waals surface area contributed by atoms with Gasteiger partial charge in [-0.15, -0.1) is 0 Å². The molecule has 2 atom stereocenters. The Morgan fingerprint density at radius 2 is 2.25 bits per heavy atom. The summed E-state index contributed by atoms with van der Waals surface area (Å²) in [7, 11) is 0. The molecule has 1 saturated carbocycles. The molecule has 3 heteroatoms. The lowest BCUT2D eigenvalue weighted by molar-refractivity contribution is 0.559. The fourth-order valence-electron chi connectivity index (χ4n) is 3.05. The highest BCUT2D eigenvalue weighted by Crippen LogP contribution is 2.64. The molecule has 1 fully saturated rings. The van der Waals surface area contributed by atoms with Crippen LogP contribution in [0.1, 0.15) is 25.3 Å². The minimum Gasteiger partial charge on any atom is -0.330 e. The summed E-state index contributed by atoms with van der Waals surface area (Å²) in [6.45, 7) is 5.36. The quantitative estimate of drug-likeness (QED) is 0.807. The van der Waals surface area contributed by atoms with Crippen LogP contribution in [0.5, 0.6) is 0 Å². The number of aromatic amines is 1. The summed E-state index contributed by atoms with van der Waals surface area (Å²) < 4.78 is 0. The topological polar surface area (TPSA) is 54.7 Å². The lowest BCUT2D eigenvalue weighted by Crippen LogP contribution is -2.05. The van der Waals surface area contributed by atoms with Crippen molar-refractivity contribution < 1.29 is 0 Å². The van der Waals surface area contributed by atoms with Gasteiger partial charge in [0.05, 0.1) is 11.7 Å². The van der Waals surface area contributed by atoms with Crippen LogP contribution in [0.4, 0.5) is 0 Å². The van der Waals surface area contributed by atoms with Crippen LogP contribution in [-0.4, -0.2) is 16.7 Å². The first kappa shape index (κ1) is 9.85. The first-order chi connectivity index (χ1) is 7.66. The van der Waals surface area contributed by atoms with E-state index in [0.29, 0.717) is 17.3 Å². The van der Waals surface area contributed by atoms with E-state index in [1.807, 2.05) is 6.20 Å². The Kier molecular flexibility index (Phi) is 1.89. The SMILES string of the molecule is CC1(C)[C@H](CN)[C@H]1c1cccc2cn[nH]c12. The average molecular weight is 215 g/mol. The molecule has 1 aliphatic rings. The van der Waals surface area contributed by atoms with Gasteiger partial charge >= 0.3 is 0 Å². The Hall–Kier alpha value is -1.35. The van der Waals surface area contributed by atoms with Crippen molar-refractivity contribution in [1.82, 2.24) is 10.2 Å². The molecule has 3 N–H and O–H groups in total. The van der Waals surface area contributed by atoms with Gasteiger partial charge in [-0.1, -0.05) is 32.0 Å². The second kappa shape index (κ2) is 3.08. The molecule has 0 saturated heterocycles. The summed E-state index contributed by atoms with van der Waals surface area (Å²) >= 11 is 0. The molecule has 1 heterocycles. The van der Waals surface area contributed by atoms with Gasteiger partial charge in [0, 0.05) is 5.39 Å². The van der Waals surface area contributed by atoms with Crippen molar-refractivity contribution in [2.75, 3.05) is 6.54 Å². The lowest BCUT2D eigenvalue weighted by Gasteiger charge is -2.04. The molecule has 0 bridgehead atoms. The van der Waals surface area contributed by atoms with Gasteiger partial charge in [0.15, 0.2) is 0 Å². The van der Waals surface area contributed by atoms with Gasteiger partial charge in [-0.25, -0.2) is 0 Å². The summed E-state index contributed by atoms with van der Waals surface area (Å²) in [4.78, 5) is 0. The summed E-state index contributed by atoms with van der Waals surface area (Å²) in [6.07, 6.45) is 1.88. The van der Waals surface area contributed by atoms with Gasteiger partial charge in [-0.05, 0) is 29.4 Å². The molecule has 0 unspecified atom stereocenters. The fourth-order valence-corrected chi connectivity index (χ4v) is 3.05. The van der Waals surface area contributed by atoms with E-state index in [1.54, 1.807) is 0 Å². The molecule has 1 aromatic heterocycles. The Balaban J connectivity index is 2.11. The molecule has 1 aliphatic carbocycles. The number of hydrogen-bond acceptors (Lipinski definition) is 2. The van der Waals surface area contributed by atoms with Crippen LogP contribution < -0.4 is 5.73 Å². The zero-order valence-corrected chi connectivity index (χ0v) is 9.70. The number of nitrogens with one attached hydrogen (secondary N) is 1. The van der Waals surface area contributed by atoms with Crippen molar-refractivity contribution in [3.8, 4) is 0 Å². The van der Waals surface area contributed by atoms with Gasteiger partial charge in [0.2, 0.25) is 0 Å². The Labute approximate surface area is 95.0 Å². The number of para-hydroxylation sites is 1. The van der Waals surface area contributed by atoms with Crippen LogP contribution in [0, 0.1) is 11.3 Å². The molecule has 0 spiro atoms. The highest BCUT2D eigenvalue weighted by atomic mass is 15.1.